The number of hydrogen-bond donors (Lipinski definition) is 1. The van der Waals surface area contributed by atoms with Gasteiger partial charge in [-0.3, -0.25) is 0 Å². The minimum atomic E-state index is 0.426. The molecular formula is C10H16N2O. The van der Waals surface area contributed by atoms with Crippen LogP contribution in [0.3, 0.4) is 0 Å². The maximum absolute atomic E-state index is 5.28. The molecule has 1 aromatic heterocycles. The van der Waals surface area contributed by atoms with E-state index in [1.54, 1.807) is 0 Å². The Morgan fingerprint density at radius 1 is 1.54 bits per heavy atom. The number of nitrogens with zero attached hydrogens (tertiary/aromatic N) is 1. The normalized spacial score (nSPS) is 27.3. The van der Waals surface area contributed by atoms with Crippen molar-refractivity contribution in [2.24, 2.45) is 5.92 Å². The number of nitrogens with one attached hydrogen (secondary N) is 1. The van der Waals surface area contributed by atoms with Crippen LogP contribution < -0.4 is 5.32 Å². The van der Waals surface area contributed by atoms with Crippen molar-refractivity contribution in [3.8, 4) is 0 Å². The third kappa shape index (κ3) is 1.27. The van der Waals surface area contributed by atoms with Gasteiger partial charge >= 0.3 is 0 Å². The summed E-state index contributed by atoms with van der Waals surface area (Å²) in [7, 11) is 2.00. The molecule has 0 aromatic carbocycles. The van der Waals surface area contributed by atoms with Crippen molar-refractivity contribution in [2.45, 2.75) is 32.7 Å². The van der Waals surface area contributed by atoms with E-state index in [-0.39, 0.29) is 0 Å². The van der Waals surface area contributed by atoms with Crippen LogP contribution in [0.1, 0.15) is 36.4 Å². The van der Waals surface area contributed by atoms with E-state index in [1.807, 2.05) is 14.0 Å². The van der Waals surface area contributed by atoms with Crippen molar-refractivity contribution in [2.75, 3.05) is 7.05 Å². The smallest absolute Gasteiger partial charge is 0.141 e. The van der Waals surface area contributed by atoms with E-state index >= 15 is 0 Å². The van der Waals surface area contributed by atoms with Crippen LogP contribution >= 0.6 is 0 Å². The van der Waals surface area contributed by atoms with Crippen molar-refractivity contribution in [1.29, 1.82) is 0 Å². The van der Waals surface area contributed by atoms with Gasteiger partial charge in [-0.1, -0.05) is 12.1 Å². The topological polar surface area (TPSA) is 38.1 Å². The summed E-state index contributed by atoms with van der Waals surface area (Å²) in [4.78, 5) is 0. The zero-order chi connectivity index (χ0) is 9.42. The van der Waals surface area contributed by atoms with Crippen LogP contribution in [0.15, 0.2) is 4.52 Å². The van der Waals surface area contributed by atoms with Crippen LogP contribution in [0.2, 0.25) is 0 Å². The molecule has 0 radical (unpaired) electrons. The molecule has 1 aliphatic rings. The van der Waals surface area contributed by atoms with E-state index in [0.29, 0.717) is 12.0 Å². The zero-order valence-electron chi connectivity index (χ0n) is 8.42. The molecular weight excluding hydrogens is 164 g/mol. The van der Waals surface area contributed by atoms with Crippen LogP contribution in [0.25, 0.3) is 0 Å². The third-order valence-corrected chi connectivity index (χ3v) is 3.00. The van der Waals surface area contributed by atoms with E-state index in [0.717, 1.165) is 17.9 Å². The third-order valence-electron chi connectivity index (χ3n) is 3.00. The first kappa shape index (κ1) is 8.75. The molecule has 0 spiro atoms. The predicted octanol–water partition coefficient (Wildman–Crippen LogP) is 1.83. The Bertz CT molecular complexity index is 306. The van der Waals surface area contributed by atoms with E-state index < -0.39 is 0 Å². The van der Waals surface area contributed by atoms with Crippen LogP contribution in [0.4, 0.5) is 0 Å². The average Bonchev–Trinajstić information content (AvgIpc) is 2.49. The molecule has 0 amide bonds. The molecule has 13 heavy (non-hydrogen) atoms. The first-order chi connectivity index (χ1) is 6.24. The first-order valence-corrected chi connectivity index (χ1v) is 4.86. The predicted molar refractivity (Wildman–Crippen MR) is 50.5 cm³/mol. The van der Waals surface area contributed by atoms with Crippen molar-refractivity contribution in [3.63, 3.8) is 0 Å². The fourth-order valence-electron chi connectivity index (χ4n) is 2.24. The minimum absolute atomic E-state index is 0.426. The van der Waals surface area contributed by atoms with Gasteiger partial charge in [-0.05, 0) is 26.3 Å². The van der Waals surface area contributed by atoms with Crippen molar-refractivity contribution in [3.05, 3.63) is 17.0 Å². The van der Waals surface area contributed by atoms with Crippen LogP contribution in [-0.2, 0) is 6.42 Å². The van der Waals surface area contributed by atoms with Crippen molar-refractivity contribution < 1.29 is 4.52 Å². The molecule has 1 aliphatic carbocycles. The van der Waals surface area contributed by atoms with Gasteiger partial charge in [-0.25, -0.2) is 0 Å². The number of fused-ring (bicyclic) bond motifs is 1. The maximum atomic E-state index is 5.28. The van der Waals surface area contributed by atoms with Crippen LogP contribution in [-0.4, -0.2) is 12.2 Å². The highest BCUT2D eigenvalue weighted by atomic mass is 16.5. The Hall–Kier alpha value is -0.830. The second-order valence-corrected chi connectivity index (χ2v) is 3.89. The number of aryl methyl sites for hydroxylation is 2. The van der Waals surface area contributed by atoms with Gasteiger partial charge in [-0.15, -0.1) is 0 Å². The Labute approximate surface area is 78.5 Å². The summed E-state index contributed by atoms with van der Waals surface area (Å²) in [5.74, 6) is 1.76. The lowest BCUT2D eigenvalue weighted by Gasteiger charge is -2.27. The summed E-state index contributed by atoms with van der Waals surface area (Å²) in [6.45, 7) is 4.29. The molecule has 2 atom stereocenters. The minimum Gasteiger partial charge on any atom is -0.361 e. The lowest BCUT2D eigenvalue weighted by atomic mass is 9.83. The van der Waals surface area contributed by atoms with E-state index in [1.165, 1.54) is 12.0 Å². The Morgan fingerprint density at radius 3 is 3.00 bits per heavy atom. The van der Waals surface area contributed by atoms with Gasteiger partial charge < -0.3 is 9.84 Å². The monoisotopic (exact) mass is 180 g/mol. The number of hydrogen-bond acceptors (Lipinski definition) is 3. The maximum Gasteiger partial charge on any atom is 0.141 e. The summed E-state index contributed by atoms with van der Waals surface area (Å²) in [6.07, 6.45) is 2.22. The molecule has 1 N–H and O–H groups in total. The molecule has 3 heteroatoms. The molecule has 0 bridgehead atoms. The standard InChI is InChI=1S/C10H16N2O/c1-6-4-5-8-9(10(6)11-3)7(2)12-13-8/h6,10-11H,4-5H2,1-3H3. The number of aromatic nitrogens is 1. The lowest BCUT2D eigenvalue weighted by molar-refractivity contribution is 0.314. The first-order valence-electron chi connectivity index (χ1n) is 4.86. The molecule has 2 rings (SSSR count). The summed E-state index contributed by atoms with van der Waals surface area (Å²) in [5.41, 5.74) is 2.34. The zero-order valence-corrected chi connectivity index (χ0v) is 8.42. The summed E-state index contributed by atoms with van der Waals surface area (Å²) in [6, 6.07) is 0.426. The molecule has 1 aromatic rings. The van der Waals surface area contributed by atoms with Gasteiger partial charge in [-0.2, -0.15) is 0 Å². The van der Waals surface area contributed by atoms with Crippen molar-refractivity contribution >= 4 is 0 Å². The fraction of sp³-hybridized carbons (Fsp3) is 0.700. The Morgan fingerprint density at radius 2 is 2.31 bits per heavy atom. The summed E-state index contributed by atoms with van der Waals surface area (Å²) in [5, 5.41) is 7.35. The molecule has 3 nitrogen and oxygen atoms in total. The molecule has 0 saturated heterocycles. The second-order valence-electron chi connectivity index (χ2n) is 3.89. The second kappa shape index (κ2) is 3.14. The van der Waals surface area contributed by atoms with Crippen molar-refractivity contribution in [1.82, 2.24) is 10.5 Å². The summed E-state index contributed by atoms with van der Waals surface area (Å²) < 4.78 is 5.28. The lowest BCUT2D eigenvalue weighted by Crippen LogP contribution is -2.28. The average molecular weight is 180 g/mol. The molecule has 1 heterocycles. The van der Waals surface area contributed by atoms with E-state index in [9.17, 15) is 0 Å². The van der Waals surface area contributed by atoms with Crippen LogP contribution in [0, 0.1) is 12.8 Å². The van der Waals surface area contributed by atoms with E-state index in [4.69, 9.17) is 4.52 Å². The van der Waals surface area contributed by atoms with Gasteiger partial charge in [0.2, 0.25) is 0 Å². The highest BCUT2D eigenvalue weighted by Crippen LogP contribution is 2.35. The summed E-state index contributed by atoms with van der Waals surface area (Å²) >= 11 is 0. The highest BCUT2D eigenvalue weighted by molar-refractivity contribution is 5.28. The van der Waals surface area contributed by atoms with Gasteiger partial charge in [0.05, 0.1) is 5.69 Å². The largest absolute Gasteiger partial charge is 0.361 e. The highest BCUT2D eigenvalue weighted by Gasteiger charge is 2.30. The Kier molecular flexibility index (Phi) is 2.12. The fourth-order valence-corrected chi connectivity index (χ4v) is 2.24. The van der Waals surface area contributed by atoms with Gasteiger partial charge in [0.15, 0.2) is 0 Å². The SMILES string of the molecule is CNC1c2c(C)noc2CCC1C. The van der Waals surface area contributed by atoms with E-state index in [2.05, 4.69) is 17.4 Å². The van der Waals surface area contributed by atoms with Crippen LogP contribution in [0.5, 0.6) is 0 Å². The quantitative estimate of drug-likeness (QED) is 0.716. The van der Waals surface area contributed by atoms with Gasteiger partial charge in [0, 0.05) is 18.0 Å². The Balaban J connectivity index is 2.42. The molecule has 2 unspecified atom stereocenters. The molecule has 0 saturated carbocycles. The van der Waals surface area contributed by atoms with Gasteiger partial charge in [0.25, 0.3) is 0 Å². The van der Waals surface area contributed by atoms with Gasteiger partial charge in [0.1, 0.15) is 5.76 Å². The number of rotatable bonds is 1. The molecule has 0 aliphatic heterocycles. The molecule has 0 fully saturated rings. The molecule has 72 valence electrons.